The highest BCUT2D eigenvalue weighted by atomic mass is 16.3. The molecule has 90 valence electrons. The molecule has 0 unspecified atom stereocenters. The van der Waals surface area contributed by atoms with Crippen molar-refractivity contribution in [1.82, 2.24) is 9.78 Å². The number of hydrogen-bond acceptors (Lipinski definition) is 3. The van der Waals surface area contributed by atoms with Crippen LogP contribution in [0.2, 0.25) is 0 Å². The first kappa shape index (κ1) is 11.6. The highest BCUT2D eigenvalue weighted by Crippen LogP contribution is 2.32. The predicted octanol–water partition coefficient (Wildman–Crippen LogP) is 2.70. The first-order valence-corrected chi connectivity index (χ1v) is 5.53. The lowest BCUT2D eigenvalue weighted by Gasteiger charge is -2.19. The molecule has 0 amide bonds. The van der Waals surface area contributed by atoms with E-state index in [2.05, 4.69) is 25.9 Å². The minimum absolute atomic E-state index is 0.0858. The van der Waals surface area contributed by atoms with Gasteiger partial charge in [0.2, 0.25) is 5.91 Å². The molecule has 0 bridgehead atoms. The molecule has 0 saturated carbocycles. The highest BCUT2D eigenvalue weighted by molar-refractivity contribution is 5.93. The van der Waals surface area contributed by atoms with Gasteiger partial charge in [0.15, 0.2) is 0 Å². The van der Waals surface area contributed by atoms with Crippen LogP contribution in [0.4, 0.5) is 0 Å². The maximum atomic E-state index is 11.4. The Kier molecular flexibility index (Phi) is 2.45. The summed E-state index contributed by atoms with van der Waals surface area (Å²) >= 11 is 0. The molecule has 4 nitrogen and oxygen atoms in total. The smallest absolute Gasteiger partial charge is 0.244 e. The van der Waals surface area contributed by atoms with Gasteiger partial charge in [0, 0.05) is 6.92 Å². The number of phenolic OH excluding ortho intramolecular Hbond substituents is 1. The van der Waals surface area contributed by atoms with Crippen LogP contribution >= 0.6 is 0 Å². The normalized spacial score (nSPS) is 12.0. The summed E-state index contributed by atoms with van der Waals surface area (Å²) in [6.45, 7) is 7.62. The van der Waals surface area contributed by atoms with Gasteiger partial charge in [-0.1, -0.05) is 20.8 Å². The Hall–Kier alpha value is -1.84. The van der Waals surface area contributed by atoms with Crippen LogP contribution in [-0.4, -0.2) is 20.8 Å². The molecule has 4 heteroatoms. The van der Waals surface area contributed by atoms with E-state index in [4.69, 9.17) is 0 Å². The van der Waals surface area contributed by atoms with Crippen LogP contribution in [0.15, 0.2) is 18.3 Å². The minimum atomic E-state index is -0.162. The summed E-state index contributed by atoms with van der Waals surface area (Å²) in [7, 11) is 0. The fourth-order valence-corrected chi connectivity index (χ4v) is 1.79. The van der Waals surface area contributed by atoms with Crippen molar-refractivity contribution in [2.75, 3.05) is 0 Å². The lowest BCUT2D eigenvalue weighted by Crippen LogP contribution is -2.12. The number of carbonyl (C=O) groups is 1. The van der Waals surface area contributed by atoms with Crippen LogP contribution < -0.4 is 0 Å². The van der Waals surface area contributed by atoms with E-state index < -0.39 is 0 Å². The average Bonchev–Trinajstić information content (AvgIpc) is 2.60. The first-order chi connectivity index (χ1) is 7.80. The van der Waals surface area contributed by atoms with E-state index in [0.717, 1.165) is 5.56 Å². The summed E-state index contributed by atoms with van der Waals surface area (Å²) in [4.78, 5) is 11.4. The second-order valence-electron chi connectivity index (χ2n) is 5.25. The quantitative estimate of drug-likeness (QED) is 0.759. The van der Waals surface area contributed by atoms with Gasteiger partial charge < -0.3 is 5.11 Å². The minimum Gasteiger partial charge on any atom is -0.507 e. The number of carbonyl (C=O) groups excluding carboxylic acids is 1. The Labute approximate surface area is 99.9 Å². The Balaban J connectivity index is 2.78. The maximum absolute atomic E-state index is 11.4. The third kappa shape index (κ3) is 1.90. The van der Waals surface area contributed by atoms with Gasteiger partial charge in [-0.05, 0) is 23.1 Å². The zero-order valence-corrected chi connectivity index (χ0v) is 10.5. The lowest BCUT2D eigenvalue weighted by molar-refractivity contribution is 0.0927. The molecule has 0 atom stereocenters. The summed E-state index contributed by atoms with van der Waals surface area (Å²) in [5, 5.41) is 14.5. The number of aromatic hydroxyl groups is 1. The SMILES string of the molecule is CC(=O)n1ncc2c(O)cc(C(C)(C)C)cc21. The van der Waals surface area contributed by atoms with Gasteiger partial charge in [0.25, 0.3) is 0 Å². The molecule has 2 rings (SSSR count). The fraction of sp³-hybridized carbons (Fsp3) is 0.385. The molecule has 0 spiro atoms. The van der Waals surface area contributed by atoms with Gasteiger partial charge >= 0.3 is 0 Å². The second-order valence-corrected chi connectivity index (χ2v) is 5.25. The summed E-state index contributed by atoms with van der Waals surface area (Å²) in [5.74, 6) is 0.00499. The molecular formula is C13H16N2O2. The summed E-state index contributed by atoms with van der Waals surface area (Å²) in [6, 6.07) is 3.64. The zero-order valence-electron chi connectivity index (χ0n) is 10.5. The molecule has 1 heterocycles. The molecule has 1 N–H and O–H groups in total. The van der Waals surface area contributed by atoms with Crippen LogP contribution in [0.5, 0.6) is 5.75 Å². The van der Waals surface area contributed by atoms with Gasteiger partial charge in [-0.15, -0.1) is 0 Å². The number of benzene rings is 1. The third-order valence-electron chi connectivity index (χ3n) is 2.83. The summed E-state index contributed by atoms with van der Waals surface area (Å²) < 4.78 is 1.31. The van der Waals surface area contributed by atoms with Crippen molar-refractivity contribution in [2.24, 2.45) is 0 Å². The van der Waals surface area contributed by atoms with Crippen molar-refractivity contribution >= 4 is 16.8 Å². The van der Waals surface area contributed by atoms with Crippen molar-refractivity contribution in [2.45, 2.75) is 33.1 Å². The van der Waals surface area contributed by atoms with E-state index in [0.29, 0.717) is 10.9 Å². The van der Waals surface area contributed by atoms with Gasteiger partial charge in [-0.2, -0.15) is 5.10 Å². The number of nitrogens with zero attached hydrogens (tertiary/aromatic N) is 2. The maximum Gasteiger partial charge on any atom is 0.244 e. The van der Waals surface area contributed by atoms with E-state index in [1.165, 1.54) is 17.8 Å². The molecule has 0 aliphatic carbocycles. The number of hydrogen-bond donors (Lipinski definition) is 1. The number of fused-ring (bicyclic) bond motifs is 1. The van der Waals surface area contributed by atoms with Gasteiger partial charge in [-0.25, -0.2) is 4.68 Å². The van der Waals surface area contributed by atoms with Crippen LogP contribution in [0, 0.1) is 0 Å². The Morgan fingerprint density at radius 3 is 2.53 bits per heavy atom. The summed E-state index contributed by atoms with van der Waals surface area (Å²) in [6.07, 6.45) is 1.51. The first-order valence-electron chi connectivity index (χ1n) is 5.53. The third-order valence-corrected chi connectivity index (χ3v) is 2.83. The summed E-state index contributed by atoms with van der Waals surface area (Å²) in [5.41, 5.74) is 1.55. The monoisotopic (exact) mass is 232 g/mol. The Bertz CT molecular complexity index is 591. The van der Waals surface area contributed by atoms with Crippen molar-refractivity contribution in [3.8, 4) is 5.75 Å². The highest BCUT2D eigenvalue weighted by Gasteiger charge is 2.18. The van der Waals surface area contributed by atoms with E-state index in [1.54, 1.807) is 6.07 Å². The molecule has 0 aliphatic heterocycles. The van der Waals surface area contributed by atoms with Gasteiger partial charge in [-0.3, -0.25) is 4.79 Å². The van der Waals surface area contributed by atoms with E-state index in [1.807, 2.05) is 6.07 Å². The molecule has 0 fully saturated rings. The Morgan fingerprint density at radius 1 is 1.35 bits per heavy atom. The topological polar surface area (TPSA) is 55.1 Å². The van der Waals surface area contributed by atoms with Crippen LogP contribution in [0.25, 0.3) is 10.9 Å². The lowest BCUT2D eigenvalue weighted by atomic mass is 9.86. The fourth-order valence-electron chi connectivity index (χ4n) is 1.79. The van der Waals surface area contributed by atoms with Crippen LogP contribution in [0.3, 0.4) is 0 Å². The number of rotatable bonds is 0. The van der Waals surface area contributed by atoms with E-state index in [-0.39, 0.29) is 17.1 Å². The number of aromatic nitrogens is 2. The van der Waals surface area contributed by atoms with Crippen LogP contribution in [0.1, 0.15) is 38.1 Å². The second kappa shape index (κ2) is 3.58. The standard InChI is InChI=1S/C13H16N2O2/c1-8(16)15-11-5-9(13(2,3)4)6-12(17)10(11)7-14-15/h5-7,17H,1-4H3. The molecule has 1 aromatic heterocycles. The number of phenols is 1. The molecule has 17 heavy (non-hydrogen) atoms. The molecule has 0 aliphatic rings. The molecule has 0 saturated heterocycles. The van der Waals surface area contributed by atoms with E-state index >= 15 is 0 Å². The van der Waals surface area contributed by atoms with Gasteiger partial charge in [0.1, 0.15) is 5.75 Å². The van der Waals surface area contributed by atoms with Crippen molar-refractivity contribution in [3.05, 3.63) is 23.9 Å². The largest absolute Gasteiger partial charge is 0.507 e. The predicted molar refractivity (Wildman–Crippen MR) is 66.4 cm³/mol. The average molecular weight is 232 g/mol. The zero-order chi connectivity index (χ0) is 12.8. The Morgan fingerprint density at radius 2 is 2.00 bits per heavy atom. The molecule has 1 aromatic carbocycles. The van der Waals surface area contributed by atoms with E-state index in [9.17, 15) is 9.90 Å². The molecule has 0 radical (unpaired) electrons. The molecule has 2 aromatic rings. The molecular weight excluding hydrogens is 216 g/mol. The van der Waals surface area contributed by atoms with Crippen molar-refractivity contribution in [3.63, 3.8) is 0 Å². The van der Waals surface area contributed by atoms with Crippen molar-refractivity contribution < 1.29 is 9.90 Å². The van der Waals surface area contributed by atoms with Crippen LogP contribution in [-0.2, 0) is 5.41 Å². The van der Waals surface area contributed by atoms with Crippen molar-refractivity contribution in [1.29, 1.82) is 0 Å². The van der Waals surface area contributed by atoms with Gasteiger partial charge in [0.05, 0.1) is 17.1 Å².